The van der Waals surface area contributed by atoms with Gasteiger partial charge in [-0.2, -0.15) is 5.10 Å². The van der Waals surface area contributed by atoms with Gasteiger partial charge in [-0.25, -0.2) is 14.4 Å². The van der Waals surface area contributed by atoms with Crippen molar-refractivity contribution in [1.29, 1.82) is 0 Å². The molecule has 2 fully saturated rings. The maximum absolute atomic E-state index is 14.6. The lowest BCUT2D eigenvalue weighted by Crippen LogP contribution is -2.48. The number of hydrogen-bond acceptors (Lipinski definition) is 7. The van der Waals surface area contributed by atoms with Gasteiger partial charge in [-0.3, -0.25) is 23.9 Å². The lowest BCUT2D eigenvalue weighted by molar-refractivity contribution is -0.140. The van der Waals surface area contributed by atoms with Crippen LogP contribution in [0.3, 0.4) is 0 Å². The fourth-order valence-electron chi connectivity index (χ4n) is 7.66. The van der Waals surface area contributed by atoms with E-state index in [0.29, 0.717) is 49.0 Å². The molecule has 50 heavy (non-hydrogen) atoms. The van der Waals surface area contributed by atoms with Gasteiger partial charge >= 0.3 is 0 Å². The normalized spacial score (nSPS) is 22.5. The standard InChI is InChI=1S/C37H39ClFN7O4/c1-21(47)34-27-13-25(26-17-40-22(2)41-18-26)12-23-8-5-3-4-6-11-31(48)43-20-37-14-29(36(50)42-16-24-9-7-10-28(38)33(24)39)46(30(37)15-37)32(49)19-45(44-34)35(23)27/h7,9-10,12-13,17-18,29-30H,3-6,8,11,14-16,19-20H2,1-2H3,(H,42,50)(H,43,48)/t29-,30+,37-/m0/s1. The lowest BCUT2D eigenvalue weighted by atomic mass is 9.96. The Labute approximate surface area is 294 Å². The van der Waals surface area contributed by atoms with Crippen LogP contribution in [-0.4, -0.2) is 66.8 Å². The number of nitrogens with one attached hydrogen (secondary N) is 2. The molecule has 2 aromatic carbocycles. The zero-order valence-corrected chi connectivity index (χ0v) is 28.9. The Morgan fingerprint density at radius 2 is 1.82 bits per heavy atom. The third-order valence-corrected chi connectivity index (χ3v) is 10.7. The van der Waals surface area contributed by atoms with E-state index in [1.54, 1.807) is 34.1 Å². The molecule has 13 heteroatoms. The molecule has 4 aromatic rings. The van der Waals surface area contributed by atoms with E-state index in [1.165, 1.54) is 13.0 Å². The summed E-state index contributed by atoms with van der Waals surface area (Å²) in [6, 6.07) is 7.47. The molecule has 2 N–H and O–H groups in total. The number of hydrogen-bond donors (Lipinski definition) is 2. The molecule has 1 saturated heterocycles. The summed E-state index contributed by atoms with van der Waals surface area (Å²) in [4.78, 5) is 64.3. The molecule has 4 heterocycles. The van der Waals surface area contributed by atoms with Crippen molar-refractivity contribution < 1.29 is 23.6 Å². The van der Waals surface area contributed by atoms with Crippen LogP contribution in [0.2, 0.25) is 5.02 Å². The second-order valence-electron chi connectivity index (χ2n) is 13.8. The van der Waals surface area contributed by atoms with Crippen LogP contribution in [0.4, 0.5) is 4.39 Å². The molecule has 1 aliphatic carbocycles. The first-order valence-corrected chi connectivity index (χ1v) is 17.5. The van der Waals surface area contributed by atoms with Gasteiger partial charge in [0.15, 0.2) is 5.78 Å². The Kier molecular flexibility index (Phi) is 9.15. The number of Topliss-reactive ketones (excluding diaryl/α,β-unsaturated/α-hetero) is 1. The first-order chi connectivity index (χ1) is 24.0. The largest absolute Gasteiger partial charge is 0.355 e. The molecule has 0 radical (unpaired) electrons. The minimum Gasteiger partial charge on any atom is -0.355 e. The maximum atomic E-state index is 14.6. The first kappa shape index (κ1) is 33.8. The minimum atomic E-state index is -0.832. The van der Waals surface area contributed by atoms with Crippen LogP contribution in [0, 0.1) is 18.2 Å². The molecule has 7 rings (SSSR count). The van der Waals surface area contributed by atoms with Crippen molar-refractivity contribution in [3.8, 4) is 11.1 Å². The molecular formula is C37H39ClFN7O4. The molecule has 260 valence electrons. The van der Waals surface area contributed by atoms with Gasteiger partial charge in [0, 0.05) is 66.8 Å². The molecule has 3 aliphatic rings. The molecule has 0 spiro atoms. The van der Waals surface area contributed by atoms with E-state index in [9.17, 15) is 23.6 Å². The topological polar surface area (TPSA) is 139 Å². The maximum Gasteiger partial charge on any atom is 0.245 e. The van der Waals surface area contributed by atoms with Crippen molar-refractivity contribution in [3.63, 3.8) is 0 Å². The van der Waals surface area contributed by atoms with E-state index in [4.69, 9.17) is 16.7 Å². The van der Waals surface area contributed by atoms with E-state index in [0.717, 1.165) is 42.4 Å². The molecule has 3 atom stereocenters. The Balaban J connectivity index is 1.26. The summed E-state index contributed by atoms with van der Waals surface area (Å²) >= 11 is 5.96. The monoisotopic (exact) mass is 699 g/mol. The summed E-state index contributed by atoms with van der Waals surface area (Å²) in [5.74, 6) is -0.956. The van der Waals surface area contributed by atoms with Crippen LogP contribution in [-0.2, 0) is 33.9 Å². The smallest absolute Gasteiger partial charge is 0.245 e. The van der Waals surface area contributed by atoms with E-state index < -0.39 is 23.2 Å². The van der Waals surface area contributed by atoms with E-state index in [-0.39, 0.29) is 53.0 Å². The van der Waals surface area contributed by atoms with Crippen molar-refractivity contribution in [3.05, 3.63) is 76.2 Å². The first-order valence-electron chi connectivity index (χ1n) is 17.2. The van der Waals surface area contributed by atoms with Gasteiger partial charge in [0.1, 0.15) is 29.9 Å². The highest BCUT2D eigenvalue weighted by Gasteiger charge is 2.67. The van der Waals surface area contributed by atoms with Crippen molar-refractivity contribution in [1.82, 2.24) is 35.3 Å². The fraction of sp³-hybridized carbons (Fsp3) is 0.432. The highest BCUT2D eigenvalue weighted by molar-refractivity contribution is 6.30. The summed E-state index contributed by atoms with van der Waals surface area (Å²) in [6.45, 7) is 3.36. The van der Waals surface area contributed by atoms with Crippen LogP contribution in [0.15, 0.2) is 42.7 Å². The van der Waals surface area contributed by atoms with Crippen LogP contribution in [0.5, 0.6) is 0 Å². The minimum absolute atomic E-state index is 0.0387. The Hall–Kier alpha value is -4.71. The summed E-state index contributed by atoms with van der Waals surface area (Å²) < 4.78 is 16.2. The number of halogens is 2. The SMILES string of the molecule is CC(=O)c1nn2c3c(cc(-c4cnc(C)nc4)cc13)CCCCCCC(=O)NC[C@@]13C[C@@H](C(=O)NCc4cccc(Cl)c4F)N(C(=O)C2)[C@@H]1C3. The van der Waals surface area contributed by atoms with Gasteiger partial charge < -0.3 is 15.5 Å². The van der Waals surface area contributed by atoms with Gasteiger partial charge in [0.25, 0.3) is 0 Å². The van der Waals surface area contributed by atoms with Gasteiger partial charge in [-0.15, -0.1) is 0 Å². The van der Waals surface area contributed by atoms with E-state index in [2.05, 4.69) is 26.7 Å². The van der Waals surface area contributed by atoms with Crippen LogP contribution in [0.1, 0.15) is 79.3 Å². The zero-order valence-electron chi connectivity index (χ0n) is 28.1. The third kappa shape index (κ3) is 6.48. The number of nitrogens with zero attached hydrogens (tertiary/aromatic N) is 5. The number of aryl methyl sites for hydroxylation is 2. The number of benzene rings is 2. The number of aromatic nitrogens is 4. The zero-order chi connectivity index (χ0) is 35.2. The highest BCUT2D eigenvalue weighted by atomic mass is 35.5. The Morgan fingerprint density at radius 1 is 1.06 bits per heavy atom. The number of carbonyl (C=O) groups is 4. The van der Waals surface area contributed by atoms with Gasteiger partial charge in [0.2, 0.25) is 17.7 Å². The van der Waals surface area contributed by atoms with E-state index >= 15 is 0 Å². The van der Waals surface area contributed by atoms with Crippen molar-refractivity contribution in [2.45, 2.75) is 90.4 Å². The molecule has 1 saturated carbocycles. The second-order valence-corrected chi connectivity index (χ2v) is 14.2. The number of rotatable bonds is 5. The van der Waals surface area contributed by atoms with Gasteiger partial charge in [0.05, 0.1) is 10.5 Å². The Morgan fingerprint density at radius 3 is 2.58 bits per heavy atom. The number of piperidine rings is 1. The highest BCUT2D eigenvalue weighted by Crippen LogP contribution is 2.59. The molecule has 0 unspecified atom stereocenters. The number of amides is 3. The van der Waals surface area contributed by atoms with Crippen LogP contribution in [0.25, 0.3) is 22.0 Å². The van der Waals surface area contributed by atoms with Gasteiger partial charge in [-0.1, -0.05) is 36.6 Å². The molecular weight excluding hydrogens is 661 g/mol. The predicted octanol–water partition coefficient (Wildman–Crippen LogP) is 5.10. The second kappa shape index (κ2) is 13.5. The van der Waals surface area contributed by atoms with Crippen molar-refractivity contribution in [2.75, 3.05) is 6.54 Å². The number of carbonyl (C=O) groups excluding carboxylic acids is 4. The van der Waals surface area contributed by atoms with Crippen molar-refractivity contribution >= 4 is 46.0 Å². The molecule has 3 amide bonds. The van der Waals surface area contributed by atoms with E-state index in [1.807, 2.05) is 13.0 Å². The van der Waals surface area contributed by atoms with Crippen LogP contribution >= 0.6 is 11.6 Å². The molecule has 11 nitrogen and oxygen atoms in total. The quantitative estimate of drug-likeness (QED) is 0.277. The molecule has 2 bridgehead atoms. The summed E-state index contributed by atoms with van der Waals surface area (Å²) in [5.41, 5.74) is 3.36. The van der Waals surface area contributed by atoms with Crippen LogP contribution < -0.4 is 10.6 Å². The lowest BCUT2D eigenvalue weighted by Gasteiger charge is -2.27. The van der Waals surface area contributed by atoms with Gasteiger partial charge in [-0.05, 0) is 68.4 Å². The number of ketones is 1. The van der Waals surface area contributed by atoms with Crippen molar-refractivity contribution in [2.24, 2.45) is 5.41 Å². The fourth-order valence-corrected chi connectivity index (χ4v) is 7.85. The molecule has 2 aromatic heterocycles. The predicted molar refractivity (Wildman–Crippen MR) is 185 cm³/mol. The Bertz CT molecular complexity index is 2010. The average molecular weight is 700 g/mol. The summed E-state index contributed by atoms with van der Waals surface area (Å²) in [6.07, 6.45) is 8.97. The summed E-state index contributed by atoms with van der Waals surface area (Å²) in [5, 5.41) is 11.2. The average Bonchev–Trinajstić information content (AvgIpc) is 3.50. The third-order valence-electron chi connectivity index (χ3n) is 10.4. The summed E-state index contributed by atoms with van der Waals surface area (Å²) in [7, 11) is 0. The molecule has 2 aliphatic heterocycles.